The monoisotopic (exact) mass is 434 g/mol. The molecule has 0 spiro atoms. The van der Waals surface area contributed by atoms with Crippen LogP contribution in [0.5, 0.6) is 0 Å². The first-order chi connectivity index (χ1) is 13.9. The molecule has 164 valence electrons. The lowest BCUT2D eigenvalue weighted by Gasteiger charge is -2.30. The summed E-state index contributed by atoms with van der Waals surface area (Å²) in [6, 6.07) is 2.07. The number of piperidine rings is 1. The molecule has 6 nitrogen and oxygen atoms in total. The molecule has 12 heteroatoms. The molecule has 1 atom stereocenters. The molecule has 1 aromatic heterocycles. The van der Waals surface area contributed by atoms with Gasteiger partial charge in [-0.05, 0) is 44.6 Å². The number of nitrogen functional groups attached to an aromatic ring is 2. The fourth-order valence-corrected chi connectivity index (χ4v) is 3.46. The van der Waals surface area contributed by atoms with Gasteiger partial charge in [0.25, 0.3) is 0 Å². The Bertz CT molecular complexity index is 927. The number of hydrogen-bond acceptors (Lipinski definition) is 6. The predicted octanol–water partition coefficient (Wildman–Crippen LogP) is 3.85. The highest BCUT2D eigenvalue weighted by atomic mass is 19.4. The van der Waals surface area contributed by atoms with Crippen LogP contribution in [0.1, 0.15) is 24.0 Å². The second kappa shape index (κ2) is 7.82. The van der Waals surface area contributed by atoms with Crippen molar-refractivity contribution in [3.05, 3.63) is 29.3 Å². The van der Waals surface area contributed by atoms with E-state index >= 15 is 0 Å². The third-order valence-electron chi connectivity index (χ3n) is 4.92. The Labute approximate surface area is 168 Å². The van der Waals surface area contributed by atoms with Crippen LogP contribution in [0.15, 0.2) is 18.2 Å². The molecule has 0 amide bonds. The van der Waals surface area contributed by atoms with Gasteiger partial charge in [-0.15, -0.1) is 10.2 Å². The smallest absolute Gasteiger partial charge is 0.397 e. The summed E-state index contributed by atoms with van der Waals surface area (Å²) in [5.41, 5.74) is 6.13. The highest BCUT2D eigenvalue weighted by Crippen LogP contribution is 2.43. The molecule has 1 aliphatic rings. The van der Waals surface area contributed by atoms with Crippen LogP contribution in [0.2, 0.25) is 0 Å². The van der Waals surface area contributed by atoms with Crippen LogP contribution in [0.3, 0.4) is 0 Å². The molecule has 1 fully saturated rings. The zero-order valence-electron chi connectivity index (χ0n) is 15.9. The third-order valence-corrected chi connectivity index (χ3v) is 4.92. The minimum atomic E-state index is -4.84. The summed E-state index contributed by atoms with van der Waals surface area (Å²) in [6.07, 6.45) is -7.99. The first kappa shape index (κ1) is 21.9. The normalized spacial score (nSPS) is 18.4. The maximum absolute atomic E-state index is 13.7. The van der Waals surface area contributed by atoms with Crippen molar-refractivity contribution < 1.29 is 26.3 Å². The van der Waals surface area contributed by atoms with Crippen molar-refractivity contribution in [2.75, 3.05) is 36.9 Å². The molecule has 5 N–H and O–H groups in total. The van der Waals surface area contributed by atoms with Gasteiger partial charge in [-0.3, -0.25) is 0 Å². The van der Waals surface area contributed by atoms with Gasteiger partial charge in [0.1, 0.15) is 11.5 Å². The molecule has 1 aliphatic heterocycles. The Hall–Kier alpha value is -2.76. The average Bonchev–Trinajstić information content (AvgIpc) is 2.62. The van der Waals surface area contributed by atoms with Crippen molar-refractivity contribution in [2.24, 2.45) is 0 Å². The number of likely N-dealkylation sites (N-methyl/N-ethyl adjacent to an activating group) is 1. The van der Waals surface area contributed by atoms with E-state index in [4.69, 9.17) is 11.5 Å². The lowest BCUT2D eigenvalue weighted by molar-refractivity contribution is -0.138. The van der Waals surface area contributed by atoms with Gasteiger partial charge >= 0.3 is 12.4 Å². The van der Waals surface area contributed by atoms with Crippen molar-refractivity contribution in [2.45, 2.75) is 31.2 Å². The van der Waals surface area contributed by atoms with Gasteiger partial charge in [-0.2, -0.15) is 26.3 Å². The number of benzene rings is 1. The van der Waals surface area contributed by atoms with Crippen molar-refractivity contribution in [1.29, 1.82) is 0 Å². The standard InChI is InChI=1S/C18H20F6N6/c1-30-6-2-3-9(8-30)27-13-7-12(18(22,23)24)16(29-28-13)10-4-5-11(17(19,20)21)15(26)14(10)25/h4-5,7,9H,2-3,6,8,25-26H2,1H3,(H,27,28)/t9-/m1/s1. The first-order valence-corrected chi connectivity index (χ1v) is 9.03. The van der Waals surface area contributed by atoms with Gasteiger partial charge in [0.2, 0.25) is 0 Å². The second-order valence-corrected chi connectivity index (χ2v) is 7.22. The molecular weight excluding hydrogens is 414 g/mol. The van der Waals surface area contributed by atoms with E-state index in [2.05, 4.69) is 15.5 Å². The van der Waals surface area contributed by atoms with Crippen LogP contribution in [0, 0.1) is 0 Å². The molecule has 2 aromatic rings. The largest absolute Gasteiger partial charge is 0.418 e. The molecule has 0 saturated carbocycles. The molecule has 2 heterocycles. The van der Waals surface area contributed by atoms with E-state index in [1.165, 1.54) is 0 Å². The van der Waals surface area contributed by atoms with Crippen LogP contribution >= 0.6 is 0 Å². The van der Waals surface area contributed by atoms with Gasteiger partial charge in [0, 0.05) is 18.2 Å². The van der Waals surface area contributed by atoms with E-state index in [1.54, 1.807) is 0 Å². The molecular formula is C18H20F6N6. The predicted molar refractivity (Wildman–Crippen MR) is 100 cm³/mol. The van der Waals surface area contributed by atoms with E-state index in [0.29, 0.717) is 12.6 Å². The van der Waals surface area contributed by atoms with Gasteiger partial charge in [0.15, 0.2) is 0 Å². The Morgan fingerprint density at radius 3 is 2.27 bits per heavy atom. The highest BCUT2D eigenvalue weighted by Gasteiger charge is 2.38. The van der Waals surface area contributed by atoms with E-state index in [9.17, 15) is 26.3 Å². The molecule has 1 saturated heterocycles. The minimum absolute atomic E-state index is 0.0789. The number of aromatic nitrogens is 2. The fraction of sp³-hybridized carbons (Fsp3) is 0.444. The quantitative estimate of drug-likeness (QED) is 0.502. The number of nitrogens with two attached hydrogens (primary N) is 2. The summed E-state index contributed by atoms with van der Waals surface area (Å²) in [5, 5.41) is 10.4. The average molecular weight is 434 g/mol. The third kappa shape index (κ3) is 4.53. The lowest BCUT2D eigenvalue weighted by atomic mass is 10.00. The minimum Gasteiger partial charge on any atom is -0.397 e. The summed E-state index contributed by atoms with van der Waals surface area (Å²) in [6.45, 7) is 1.53. The number of nitrogens with one attached hydrogen (secondary N) is 1. The molecule has 1 aromatic carbocycles. The number of anilines is 3. The van der Waals surface area contributed by atoms with Crippen LogP contribution in [0.25, 0.3) is 11.3 Å². The molecule has 30 heavy (non-hydrogen) atoms. The maximum Gasteiger partial charge on any atom is 0.418 e. The van der Waals surface area contributed by atoms with Crippen LogP contribution in [-0.2, 0) is 12.4 Å². The summed E-state index contributed by atoms with van der Waals surface area (Å²) in [7, 11) is 1.90. The van der Waals surface area contributed by atoms with Gasteiger partial charge in [0.05, 0.1) is 22.5 Å². The van der Waals surface area contributed by atoms with E-state index < -0.39 is 40.5 Å². The number of likely N-dealkylation sites (tertiary alicyclic amines) is 1. The number of halogens is 6. The van der Waals surface area contributed by atoms with E-state index in [-0.39, 0.29) is 17.4 Å². The molecule has 0 aliphatic carbocycles. The number of nitrogens with zero attached hydrogens (tertiary/aromatic N) is 3. The van der Waals surface area contributed by atoms with Gasteiger partial charge in [-0.25, -0.2) is 0 Å². The zero-order valence-corrected chi connectivity index (χ0v) is 15.9. The van der Waals surface area contributed by atoms with E-state index in [0.717, 1.165) is 31.5 Å². The van der Waals surface area contributed by atoms with Crippen molar-refractivity contribution in [1.82, 2.24) is 15.1 Å². The molecule has 0 unspecified atom stereocenters. The Balaban J connectivity index is 2.02. The Morgan fingerprint density at radius 2 is 1.67 bits per heavy atom. The van der Waals surface area contributed by atoms with Crippen molar-refractivity contribution in [3.8, 4) is 11.3 Å². The Kier molecular flexibility index (Phi) is 5.72. The Morgan fingerprint density at radius 1 is 1.00 bits per heavy atom. The van der Waals surface area contributed by atoms with Crippen molar-refractivity contribution in [3.63, 3.8) is 0 Å². The summed E-state index contributed by atoms with van der Waals surface area (Å²) < 4.78 is 80.0. The highest BCUT2D eigenvalue weighted by molar-refractivity contribution is 5.86. The SMILES string of the molecule is CN1CCC[C@@H](Nc2cc(C(F)(F)F)c(-c3ccc(C(F)(F)F)c(N)c3N)nn2)C1. The zero-order chi connectivity index (χ0) is 22.3. The van der Waals surface area contributed by atoms with Crippen molar-refractivity contribution >= 4 is 17.2 Å². The fourth-order valence-electron chi connectivity index (χ4n) is 3.46. The molecule has 0 bridgehead atoms. The summed E-state index contributed by atoms with van der Waals surface area (Å²) in [5.74, 6) is -0.0789. The number of hydrogen-bond donors (Lipinski definition) is 3. The number of alkyl halides is 6. The maximum atomic E-state index is 13.7. The summed E-state index contributed by atoms with van der Waals surface area (Å²) in [4.78, 5) is 2.04. The number of rotatable bonds is 3. The summed E-state index contributed by atoms with van der Waals surface area (Å²) >= 11 is 0. The van der Waals surface area contributed by atoms with Gasteiger partial charge in [-0.1, -0.05) is 0 Å². The topological polar surface area (TPSA) is 93.1 Å². The van der Waals surface area contributed by atoms with Crippen LogP contribution in [-0.4, -0.2) is 41.3 Å². The lowest BCUT2D eigenvalue weighted by Crippen LogP contribution is -2.40. The van der Waals surface area contributed by atoms with Gasteiger partial charge < -0.3 is 21.7 Å². The van der Waals surface area contributed by atoms with E-state index in [1.807, 2.05) is 11.9 Å². The van der Waals surface area contributed by atoms with Crippen LogP contribution < -0.4 is 16.8 Å². The van der Waals surface area contributed by atoms with Crippen LogP contribution in [0.4, 0.5) is 43.5 Å². The first-order valence-electron chi connectivity index (χ1n) is 9.03. The molecule has 3 rings (SSSR count). The second-order valence-electron chi connectivity index (χ2n) is 7.22. The molecule has 0 radical (unpaired) electrons.